The van der Waals surface area contributed by atoms with E-state index in [1.165, 1.54) is 5.56 Å². The number of benzene rings is 1. The molecule has 1 aromatic heterocycles. The van der Waals surface area contributed by atoms with Crippen LogP contribution in [0.25, 0.3) is 11.4 Å². The van der Waals surface area contributed by atoms with Crippen molar-refractivity contribution in [3.05, 3.63) is 35.5 Å². The van der Waals surface area contributed by atoms with Crippen LogP contribution in [0.2, 0.25) is 0 Å². The van der Waals surface area contributed by atoms with E-state index in [4.69, 9.17) is 4.74 Å². The molecule has 0 fully saturated rings. The number of ether oxygens (including phenoxy) is 1. The summed E-state index contributed by atoms with van der Waals surface area (Å²) in [6.07, 6.45) is 0. The Labute approximate surface area is 116 Å². The van der Waals surface area contributed by atoms with Crippen LogP contribution < -0.4 is 10.1 Å². The molecule has 2 heterocycles. The van der Waals surface area contributed by atoms with Gasteiger partial charge in [0.1, 0.15) is 11.6 Å². The lowest BCUT2D eigenvalue weighted by Crippen LogP contribution is -2.03. The predicted molar refractivity (Wildman–Crippen MR) is 78.6 cm³/mol. The smallest absolute Gasteiger partial charge is 0.161 e. The first-order valence-electron chi connectivity index (χ1n) is 6.11. The van der Waals surface area contributed by atoms with Gasteiger partial charge < -0.3 is 10.1 Å². The second kappa shape index (κ2) is 5.09. The Morgan fingerprint density at radius 1 is 1.16 bits per heavy atom. The molecule has 5 heteroatoms. The van der Waals surface area contributed by atoms with Gasteiger partial charge in [-0.3, -0.25) is 0 Å². The molecule has 0 radical (unpaired) electrons. The lowest BCUT2D eigenvalue weighted by atomic mass is 10.2. The summed E-state index contributed by atoms with van der Waals surface area (Å²) in [5.74, 6) is 4.52. The third kappa shape index (κ3) is 2.26. The number of aromatic nitrogens is 2. The van der Waals surface area contributed by atoms with Crippen molar-refractivity contribution in [1.82, 2.24) is 9.97 Å². The molecule has 0 aliphatic carbocycles. The van der Waals surface area contributed by atoms with Crippen LogP contribution in [0.1, 0.15) is 11.3 Å². The first-order valence-corrected chi connectivity index (χ1v) is 7.27. The lowest BCUT2D eigenvalue weighted by Gasteiger charge is -2.09. The largest absolute Gasteiger partial charge is 0.497 e. The summed E-state index contributed by atoms with van der Waals surface area (Å²) in [4.78, 5) is 9.29. The van der Waals surface area contributed by atoms with Crippen molar-refractivity contribution in [2.24, 2.45) is 0 Å². The Balaban J connectivity index is 2.04. The van der Waals surface area contributed by atoms with Gasteiger partial charge in [0.05, 0.1) is 12.8 Å². The van der Waals surface area contributed by atoms with Gasteiger partial charge in [-0.05, 0) is 24.3 Å². The maximum absolute atomic E-state index is 5.17. The van der Waals surface area contributed by atoms with Gasteiger partial charge in [-0.1, -0.05) is 0 Å². The molecule has 19 heavy (non-hydrogen) atoms. The SMILES string of the molecule is CNc1nc(-c2ccc(OC)cc2)nc2c1CSC2. The van der Waals surface area contributed by atoms with Crippen molar-refractivity contribution in [1.29, 1.82) is 0 Å². The number of hydrogen-bond donors (Lipinski definition) is 1. The minimum Gasteiger partial charge on any atom is -0.497 e. The average Bonchev–Trinajstić information content (AvgIpc) is 2.94. The van der Waals surface area contributed by atoms with Crippen LogP contribution in [0.5, 0.6) is 5.75 Å². The number of fused-ring (bicyclic) bond motifs is 1. The second-order valence-electron chi connectivity index (χ2n) is 4.29. The molecule has 1 aromatic carbocycles. The van der Waals surface area contributed by atoms with E-state index in [1.807, 2.05) is 43.1 Å². The quantitative estimate of drug-likeness (QED) is 0.931. The van der Waals surface area contributed by atoms with Crippen molar-refractivity contribution in [3.63, 3.8) is 0 Å². The Bertz CT molecular complexity index is 598. The molecule has 0 atom stereocenters. The van der Waals surface area contributed by atoms with Gasteiger partial charge in [-0.2, -0.15) is 11.8 Å². The van der Waals surface area contributed by atoms with Gasteiger partial charge in [0.2, 0.25) is 0 Å². The number of nitrogens with one attached hydrogen (secondary N) is 1. The highest BCUT2D eigenvalue weighted by atomic mass is 32.2. The van der Waals surface area contributed by atoms with E-state index >= 15 is 0 Å². The van der Waals surface area contributed by atoms with E-state index in [9.17, 15) is 0 Å². The molecule has 0 amide bonds. The highest BCUT2D eigenvalue weighted by Gasteiger charge is 2.19. The zero-order chi connectivity index (χ0) is 13.2. The molecule has 1 aliphatic rings. The summed E-state index contributed by atoms with van der Waals surface area (Å²) in [7, 11) is 3.57. The number of rotatable bonds is 3. The highest BCUT2D eigenvalue weighted by molar-refractivity contribution is 7.98. The summed E-state index contributed by atoms with van der Waals surface area (Å²) >= 11 is 1.88. The van der Waals surface area contributed by atoms with Gasteiger partial charge >= 0.3 is 0 Å². The number of thioether (sulfide) groups is 1. The monoisotopic (exact) mass is 273 g/mol. The second-order valence-corrected chi connectivity index (χ2v) is 5.28. The van der Waals surface area contributed by atoms with Crippen molar-refractivity contribution >= 4 is 17.6 Å². The van der Waals surface area contributed by atoms with E-state index in [0.717, 1.165) is 40.2 Å². The number of anilines is 1. The van der Waals surface area contributed by atoms with E-state index in [2.05, 4.69) is 15.3 Å². The maximum atomic E-state index is 5.17. The topological polar surface area (TPSA) is 47.0 Å². The fourth-order valence-electron chi connectivity index (χ4n) is 2.13. The average molecular weight is 273 g/mol. The van der Waals surface area contributed by atoms with Gasteiger partial charge in [0.15, 0.2) is 5.82 Å². The summed E-state index contributed by atoms with van der Waals surface area (Å²) in [6, 6.07) is 7.84. The van der Waals surface area contributed by atoms with Crippen LogP contribution in [-0.4, -0.2) is 24.1 Å². The molecule has 0 bridgehead atoms. The summed E-state index contributed by atoms with van der Waals surface area (Å²) < 4.78 is 5.17. The Kier molecular flexibility index (Phi) is 3.29. The Morgan fingerprint density at radius 2 is 1.95 bits per heavy atom. The molecule has 3 rings (SSSR count). The normalized spacial score (nSPS) is 13.2. The van der Waals surface area contributed by atoms with Gasteiger partial charge in [0, 0.05) is 29.7 Å². The van der Waals surface area contributed by atoms with Crippen molar-refractivity contribution in [2.45, 2.75) is 11.5 Å². The zero-order valence-corrected chi connectivity index (χ0v) is 11.8. The summed E-state index contributed by atoms with van der Waals surface area (Å²) in [5.41, 5.74) is 3.40. The Morgan fingerprint density at radius 3 is 2.63 bits per heavy atom. The molecule has 0 spiro atoms. The third-order valence-electron chi connectivity index (χ3n) is 3.16. The third-order valence-corrected chi connectivity index (χ3v) is 4.13. The fourth-order valence-corrected chi connectivity index (χ4v) is 3.17. The molecular weight excluding hydrogens is 258 g/mol. The summed E-state index contributed by atoms with van der Waals surface area (Å²) in [6.45, 7) is 0. The van der Waals surface area contributed by atoms with Crippen LogP contribution in [0.3, 0.4) is 0 Å². The zero-order valence-electron chi connectivity index (χ0n) is 10.9. The first kappa shape index (κ1) is 12.3. The first-order chi connectivity index (χ1) is 9.31. The summed E-state index contributed by atoms with van der Waals surface area (Å²) in [5, 5.41) is 3.17. The molecule has 1 aliphatic heterocycles. The standard InChI is InChI=1S/C14H15N3OS/c1-15-14-11-7-19-8-12(11)16-13(17-14)9-3-5-10(18-2)6-4-9/h3-6H,7-8H2,1-2H3,(H,15,16,17). The van der Waals surface area contributed by atoms with Crippen LogP contribution in [-0.2, 0) is 11.5 Å². The molecule has 0 saturated carbocycles. The van der Waals surface area contributed by atoms with E-state index in [1.54, 1.807) is 7.11 Å². The Hall–Kier alpha value is -1.75. The van der Waals surface area contributed by atoms with Gasteiger partial charge in [-0.15, -0.1) is 0 Å². The molecule has 4 nitrogen and oxygen atoms in total. The van der Waals surface area contributed by atoms with Gasteiger partial charge in [0.25, 0.3) is 0 Å². The van der Waals surface area contributed by atoms with Crippen LogP contribution in [0.15, 0.2) is 24.3 Å². The molecule has 2 aromatic rings. The maximum Gasteiger partial charge on any atom is 0.161 e. The number of nitrogens with zero attached hydrogens (tertiary/aromatic N) is 2. The van der Waals surface area contributed by atoms with Crippen LogP contribution in [0.4, 0.5) is 5.82 Å². The molecule has 0 unspecified atom stereocenters. The van der Waals surface area contributed by atoms with Crippen molar-refractivity contribution in [3.8, 4) is 17.1 Å². The van der Waals surface area contributed by atoms with Crippen LogP contribution in [0, 0.1) is 0 Å². The fraction of sp³-hybridized carbons (Fsp3) is 0.286. The van der Waals surface area contributed by atoms with Crippen molar-refractivity contribution in [2.75, 3.05) is 19.5 Å². The van der Waals surface area contributed by atoms with Gasteiger partial charge in [-0.25, -0.2) is 9.97 Å². The molecule has 0 saturated heterocycles. The molecule has 98 valence electrons. The number of hydrogen-bond acceptors (Lipinski definition) is 5. The highest BCUT2D eigenvalue weighted by Crippen LogP contribution is 2.34. The minimum atomic E-state index is 0.772. The van der Waals surface area contributed by atoms with Crippen molar-refractivity contribution < 1.29 is 4.74 Å². The van der Waals surface area contributed by atoms with E-state index in [0.29, 0.717) is 0 Å². The lowest BCUT2D eigenvalue weighted by molar-refractivity contribution is 0.415. The van der Waals surface area contributed by atoms with Crippen LogP contribution >= 0.6 is 11.8 Å². The van der Waals surface area contributed by atoms with E-state index < -0.39 is 0 Å². The predicted octanol–water partition coefficient (Wildman–Crippen LogP) is 2.94. The van der Waals surface area contributed by atoms with E-state index in [-0.39, 0.29) is 0 Å². The number of methoxy groups -OCH3 is 1. The molecular formula is C14H15N3OS. The molecule has 1 N–H and O–H groups in total. The minimum absolute atomic E-state index is 0.772.